The minimum Gasteiger partial charge on any atom is -0.492 e. The van der Waals surface area contributed by atoms with Gasteiger partial charge in [-0.15, -0.1) is 0 Å². The minimum atomic E-state index is -0.293. The third kappa shape index (κ3) is 6.13. The van der Waals surface area contributed by atoms with Crippen LogP contribution in [0.5, 0.6) is 5.75 Å². The summed E-state index contributed by atoms with van der Waals surface area (Å²) in [6.45, 7) is 17.3. The van der Waals surface area contributed by atoms with Crippen LogP contribution < -0.4 is 10.1 Å². The molecule has 0 bridgehead atoms. The summed E-state index contributed by atoms with van der Waals surface area (Å²) in [5.74, 6) is 0.591. The normalized spacial score (nSPS) is 15.7. The molecule has 3 aromatic carbocycles. The summed E-state index contributed by atoms with van der Waals surface area (Å²) < 4.78 is 11.5. The van der Waals surface area contributed by atoms with E-state index in [-0.39, 0.29) is 16.8 Å². The fourth-order valence-electron chi connectivity index (χ4n) is 5.34. The number of ether oxygens (including phenoxy) is 2. The Morgan fingerprint density at radius 1 is 0.842 bits per heavy atom. The second kappa shape index (κ2) is 11.3. The van der Waals surface area contributed by atoms with Gasteiger partial charge in [-0.05, 0) is 82.7 Å². The Kier molecular flexibility index (Phi) is 8.32. The van der Waals surface area contributed by atoms with Gasteiger partial charge in [0.2, 0.25) is 0 Å². The third-order valence-electron chi connectivity index (χ3n) is 7.78. The molecule has 4 heteroatoms. The first-order valence-electron chi connectivity index (χ1n) is 13.9. The third-order valence-corrected chi connectivity index (χ3v) is 7.78. The van der Waals surface area contributed by atoms with Crippen molar-refractivity contribution in [1.82, 2.24) is 5.32 Å². The van der Waals surface area contributed by atoms with Crippen LogP contribution in [0, 0.1) is 0 Å². The smallest absolute Gasteiger partial charge is 0.338 e. The van der Waals surface area contributed by atoms with Crippen LogP contribution in [-0.2, 0) is 15.6 Å². The molecule has 1 aliphatic carbocycles. The van der Waals surface area contributed by atoms with Gasteiger partial charge in [0, 0.05) is 18.2 Å². The molecular formula is C34H43NO3. The summed E-state index contributed by atoms with van der Waals surface area (Å²) in [6.07, 6.45) is 2.37. The molecule has 0 amide bonds. The molecule has 4 rings (SSSR count). The molecule has 1 N–H and O–H groups in total. The van der Waals surface area contributed by atoms with Crippen LogP contribution in [-0.4, -0.2) is 31.8 Å². The molecule has 0 heterocycles. The minimum absolute atomic E-state index is 0.129. The van der Waals surface area contributed by atoms with Gasteiger partial charge in [0.25, 0.3) is 0 Å². The van der Waals surface area contributed by atoms with E-state index in [0.29, 0.717) is 24.8 Å². The zero-order valence-corrected chi connectivity index (χ0v) is 24.1. The first kappa shape index (κ1) is 27.9. The maximum absolute atomic E-state index is 12.1. The van der Waals surface area contributed by atoms with Crippen LogP contribution in [0.4, 0.5) is 0 Å². The van der Waals surface area contributed by atoms with Crippen molar-refractivity contribution >= 4 is 5.97 Å². The lowest BCUT2D eigenvalue weighted by Crippen LogP contribution is -2.33. The molecule has 0 aliphatic heterocycles. The second-order valence-corrected chi connectivity index (χ2v) is 12.0. The standard InChI is InChI=1S/C34H43NO3/c1-8-37-32(36)25-11-9-24(10-12-25)26-14-16-31(38-20-19-35-23(2)3)28(21-26)27-13-15-29-30(22-27)34(6,7)18-17-33(29,4)5/h9-16,21-23,35H,8,17-20H2,1-7H3. The van der Waals surface area contributed by atoms with Gasteiger partial charge in [-0.1, -0.05) is 77.9 Å². The largest absolute Gasteiger partial charge is 0.492 e. The Balaban J connectivity index is 1.74. The Bertz CT molecular complexity index is 1270. The van der Waals surface area contributed by atoms with Gasteiger partial charge in [0.05, 0.1) is 12.2 Å². The monoisotopic (exact) mass is 513 g/mol. The van der Waals surface area contributed by atoms with E-state index in [1.165, 1.54) is 29.5 Å². The van der Waals surface area contributed by atoms with Gasteiger partial charge in [0.1, 0.15) is 12.4 Å². The molecular weight excluding hydrogens is 470 g/mol. The number of rotatable bonds is 9. The van der Waals surface area contributed by atoms with Crippen molar-refractivity contribution in [2.45, 2.75) is 78.2 Å². The molecule has 38 heavy (non-hydrogen) atoms. The lowest BCUT2D eigenvalue weighted by molar-refractivity contribution is 0.0526. The molecule has 0 radical (unpaired) electrons. The van der Waals surface area contributed by atoms with Gasteiger partial charge in [-0.2, -0.15) is 0 Å². The number of fused-ring (bicyclic) bond motifs is 1. The summed E-state index contributed by atoms with van der Waals surface area (Å²) in [6, 6.07) is 21.4. The summed E-state index contributed by atoms with van der Waals surface area (Å²) in [5, 5.41) is 3.43. The Morgan fingerprint density at radius 2 is 1.47 bits per heavy atom. The van der Waals surface area contributed by atoms with E-state index >= 15 is 0 Å². The van der Waals surface area contributed by atoms with E-state index in [2.05, 4.69) is 83.3 Å². The van der Waals surface area contributed by atoms with Crippen molar-refractivity contribution in [1.29, 1.82) is 0 Å². The highest BCUT2D eigenvalue weighted by Gasteiger charge is 2.37. The van der Waals surface area contributed by atoms with Gasteiger partial charge in [0.15, 0.2) is 0 Å². The van der Waals surface area contributed by atoms with Crippen LogP contribution in [0.3, 0.4) is 0 Å². The summed E-state index contributed by atoms with van der Waals surface area (Å²) in [7, 11) is 0. The Hall–Kier alpha value is -3.11. The van der Waals surface area contributed by atoms with Crippen molar-refractivity contribution in [3.63, 3.8) is 0 Å². The molecule has 1 aliphatic rings. The van der Waals surface area contributed by atoms with Gasteiger partial charge < -0.3 is 14.8 Å². The van der Waals surface area contributed by atoms with Crippen LogP contribution in [0.15, 0.2) is 60.7 Å². The summed E-state index contributed by atoms with van der Waals surface area (Å²) in [5.41, 5.74) is 8.14. The van der Waals surface area contributed by atoms with Crippen LogP contribution in [0.25, 0.3) is 22.3 Å². The fraction of sp³-hybridized carbons (Fsp3) is 0.441. The van der Waals surface area contributed by atoms with Crippen molar-refractivity contribution in [3.05, 3.63) is 77.4 Å². The molecule has 0 spiro atoms. The molecule has 0 atom stereocenters. The first-order valence-corrected chi connectivity index (χ1v) is 13.9. The first-order chi connectivity index (χ1) is 18.0. The topological polar surface area (TPSA) is 47.6 Å². The molecule has 3 aromatic rings. The van der Waals surface area contributed by atoms with E-state index in [0.717, 1.165) is 29.0 Å². The number of hydrogen-bond acceptors (Lipinski definition) is 4. The van der Waals surface area contributed by atoms with Crippen LogP contribution >= 0.6 is 0 Å². The van der Waals surface area contributed by atoms with Crippen molar-refractivity contribution < 1.29 is 14.3 Å². The highest BCUT2D eigenvalue weighted by atomic mass is 16.5. The summed E-state index contributed by atoms with van der Waals surface area (Å²) in [4.78, 5) is 12.1. The van der Waals surface area contributed by atoms with E-state index in [1.54, 1.807) is 0 Å². The van der Waals surface area contributed by atoms with Crippen LogP contribution in [0.2, 0.25) is 0 Å². The van der Waals surface area contributed by atoms with E-state index < -0.39 is 0 Å². The number of esters is 1. The van der Waals surface area contributed by atoms with E-state index in [1.807, 2.05) is 31.2 Å². The van der Waals surface area contributed by atoms with Crippen molar-refractivity contribution in [2.75, 3.05) is 19.8 Å². The lowest BCUT2D eigenvalue weighted by Gasteiger charge is -2.42. The SMILES string of the molecule is CCOC(=O)c1ccc(-c2ccc(OCCNC(C)C)c(-c3ccc4c(c3)C(C)(C)CCC4(C)C)c2)cc1. The van der Waals surface area contributed by atoms with Gasteiger partial charge in [-0.25, -0.2) is 4.79 Å². The number of nitrogens with one attached hydrogen (secondary N) is 1. The molecule has 202 valence electrons. The average molecular weight is 514 g/mol. The molecule has 0 aromatic heterocycles. The lowest BCUT2D eigenvalue weighted by atomic mass is 9.63. The Labute approximate surface area is 228 Å². The maximum atomic E-state index is 12.1. The highest BCUT2D eigenvalue weighted by molar-refractivity contribution is 5.90. The number of carbonyl (C=O) groups excluding carboxylic acids is 1. The molecule has 0 fully saturated rings. The fourth-order valence-corrected chi connectivity index (χ4v) is 5.34. The highest BCUT2D eigenvalue weighted by Crippen LogP contribution is 2.47. The quantitative estimate of drug-likeness (QED) is 0.233. The number of benzene rings is 3. The van der Waals surface area contributed by atoms with E-state index in [9.17, 15) is 4.79 Å². The molecule has 0 saturated heterocycles. The van der Waals surface area contributed by atoms with Crippen LogP contribution in [0.1, 0.15) is 82.8 Å². The molecule has 4 nitrogen and oxygen atoms in total. The zero-order chi connectivity index (χ0) is 27.5. The van der Waals surface area contributed by atoms with Crippen molar-refractivity contribution in [3.8, 4) is 28.0 Å². The molecule has 0 unspecified atom stereocenters. The summed E-state index contributed by atoms with van der Waals surface area (Å²) >= 11 is 0. The van der Waals surface area contributed by atoms with E-state index in [4.69, 9.17) is 9.47 Å². The predicted molar refractivity (Wildman–Crippen MR) is 157 cm³/mol. The number of carbonyl (C=O) groups is 1. The van der Waals surface area contributed by atoms with Crippen molar-refractivity contribution in [2.24, 2.45) is 0 Å². The van der Waals surface area contributed by atoms with Gasteiger partial charge >= 0.3 is 5.97 Å². The number of hydrogen-bond donors (Lipinski definition) is 1. The zero-order valence-electron chi connectivity index (χ0n) is 24.1. The van der Waals surface area contributed by atoms with Gasteiger partial charge in [-0.3, -0.25) is 0 Å². The Morgan fingerprint density at radius 3 is 2.13 bits per heavy atom. The molecule has 0 saturated carbocycles. The second-order valence-electron chi connectivity index (χ2n) is 12.0. The average Bonchev–Trinajstić information content (AvgIpc) is 2.89. The maximum Gasteiger partial charge on any atom is 0.338 e. The predicted octanol–water partition coefficient (Wildman–Crippen LogP) is 7.92.